The summed E-state index contributed by atoms with van der Waals surface area (Å²) in [5.74, 6) is 0.473. The van der Waals surface area contributed by atoms with Gasteiger partial charge in [-0.15, -0.1) is 0 Å². The fraction of sp³-hybridized carbons (Fsp3) is 0.579. The Morgan fingerprint density at radius 3 is 2.44 bits per heavy atom. The van der Waals surface area contributed by atoms with Crippen molar-refractivity contribution in [3.63, 3.8) is 0 Å². The first-order valence-electron chi connectivity index (χ1n) is 8.98. The van der Waals surface area contributed by atoms with E-state index in [1.165, 1.54) is 12.1 Å². The summed E-state index contributed by atoms with van der Waals surface area (Å²) in [6.07, 6.45) is 2.17. The van der Waals surface area contributed by atoms with E-state index in [0.717, 1.165) is 38.0 Å². The molecule has 1 fully saturated rings. The van der Waals surface area contributed by atoms with Crippen LogP contribution in [0.25, 0.3) is 0 Å². The van der Waals surface area contributed by atoms with Crippen molar-refractivity contribution < 1.29 is 9.18 Å². The Morgan fingerprint density at radius 1 is 1.20 bits per heavy atom. The number of nitrogens with zero attached hydrogens (tertiary/aromatic N) is 2. The van der Waals surface area contributed by atoms with E-state index in [0.29, 0.717) is 12.5 Å². The van der Waals surface area contributed by atoms with Gasteiger partial charge in [0.05, 0.1) is 0 Å². The number of carbonyl (C=O) groups excluding carboxylic acids is 1. The first kappa shape index (κ1) is 19.2. The minimum atomic E-state index is -0.233. The Hall–Kier alpha value is -2.11. The molecule has 1 heterocycles. The molecule has 5 nitrogen and oxygen atoms in total. The van der Waals surface area contributed by atoms with Gasteiger partial charge < -0.3 is 15.5 Å². The van der Waals surface area contributed by atoms with Crippen molar-refractivity contribution in [3.05, 3.63) is 35.6 Å². The molecule has 25 heavy (non-hydrogen) atoms. The summed E-state index contributed by atoms with van der Waals surface area (Å²) in [6, 6.07) is 6.56. The van der Waals surface area contributed by atoms with Crippen molar-refractivity contribution in [2.24, 2.45) is 4.99 Å². The number of amides is 1. The van der Waals surface area contributed by atoms with Gasteiger partial charge in [0.25, 0.3) is 0 Å². The van der Waals surface area contributed by atoms with Crippen molar-refractivity contribution in [1.29, 1.82) is 0 Å². The average molecular weight is 348 g/mol. The van der Waals surface area contributed by atoms with Crippen molar-refractivity contribution in [3.8, 4) is 0 Å². The van der Waals surface area contributed by atoms with Gasteiger partial charge in [0.15, 0.2) is 5.96 Å². The van der Waals surface area contributed by atoms with Gasteiger partial charge in [0.1, 0.15) is 12.4 Å². The van der Waals surface area contributed by atoms with Crippen LogP contribution < -0.4 is 10.6 Å². The minimum Gasteiger partial charge on any atom is -0.357 e. The maximum Gasteiger partial charge on any atom is 0.244 e. The second-order valence-corrected chi connectivity index (χ2v) is 7.03. The number of carbonyl (C=O) groups is 1. The number of likely N-dealkylation sites (tertiary alicyclic amines) is 1. The molecule has 0 aromatic heterocycles. The van der Waals surface area contributed by atoms with Crippen LogP contribution in [0.2, 0.25) is 0 Å². The summed E-state index contributed by atoms with van der Waals surface area (Å²) in [5.41, 5.74) is 0.855. The van der Waals surface area contributed by atoms with Gasteiger partial charge in [0, 0.05) is 31.6 Å². The molecule has 0 spiro atoms. The number of halogens is 1. The van der Waals surface area contributed by atoms with Crippen molar-refractivity contribution >= 4 is 11.9 Å². The van der Waals surface area contributed by atoms with Crippen molar-refractivity contribution in [1.82, 2.24) is 15.5 Å². The first-order chi connectivity index (χ1) is 11.9. The maximum atomic E-state index is 13.1. The lowest BCUT2D eigenvalue weighted by molar-refractivity contribution is -0.128. The lowest BCUT2D eigenvalue weighted by Crippen LogP contribution is -2.44. The van der Waals surface area contributed by atoms with Gasteiger partial charge in [-0.05, 0) is 37.5 Å². The molecule has 0 saturated carbocycles. The van der Waals surface area contributed by atoms with E-state index in [9.17, 15) is 9.18 Å². The number of hydrogen-bond donors (Lipinski definition) is 2. The molecule has 1 saturated heterocycles. The molecule has 2 N–H and O–H groups in total. The molecule has 6 heteroatoms. The van der Waals surface area contributed by atoms with Crippen LogP contribution in [0.3, 0.4) is 0 Å². The minimum absolute atomic E-state index is 0.0764. The zero-order valence-corrected chi connectivity index (χ0v) is 15.4. The van der Waals surface area contributed by atoms with E-state index >= 15 is 0 Å². The molecule has 1 aromatic rings. The first-order valence-corrected chi connectivity index (χ1v) is 8.98. The van der Waals surface area contributed by atoms with Gasteiger partial charge >= 0.3 is 0 Å². The van der Waals surface area contributed by atoms with Crippen LogP contribution in [0.15, 0.2) is 29.3 Å². The Bertz CT molecular complexity index is 592. The molecule has 0 unspecified atom stereocenters. The molecular formula is C19H29FN4O. The highest BCUT2D eigenvalue weighted by Gasteiger charge is 2.21. The van der Waals surface area contributed by atoms with E-state index in [1.54, 1.807) is 12.1 Å². The number of rotatable bonds is 6. The van der Waals surface area contributed by atoms with E-state index in [1.807, 2.05) is 11.8 Å². The van der Waals surface area contributed by atoms with Gasteiger partial charge in [0.2, 0.25) is 5.91 Å². The molecule has 1 aliphatic heterocycles. The molecule has 1 amide bonds. The fourth-order valence-electron chi connectivity index (χ4n) is 2.86. The third-order valence-corrected chi connectivity index (χ3v) is 4.50. The normalized spacial score (nSPS) is 15.4. The lowest BCUT2D eigenvalue weighted by Gasteiger charge is -2.27. The van der Waals surface area contributed by atoms with Crippen molar-refractivity contribution in [2.45, 2.75) is 39.0 Å². The van der Waals surface area contributed by atoms with E-state index in [2.05, 4.69) is 29.5 Å². The second kappa shape index (κ2) is 8.83. The molecule has 138 valence electrons. The van der Waals surface area contributed by atoms with Crippen LogP contribution >= 0.6 is 0 Å². The van der Waals surface area contributed by atoms with E-state index in [4.69, 9.17) is 0 Å². The average Bonchev–Trinajstić information content (AvgIpc) is 3.12. The standard InChI is InChI=1S/C19H29FN4O/c1-4-21-18(22-13-17(25)24-11-5-6-12-24)23-14-19(2,3)15-7-9-16(20)10-8-15/h7-10H,4-6,11-14H2,1-3H3,(H2,21,22,23). The smallest absolute Gasteiger partial charge is 0.244 e. The third-order valence-electron chi connectivity index (χ3n) is 4.50. The molecule has 0 aliphatic carbocycles. The van der Waals surface area contributed by atoms with Crippen LogP contribution in [0, 0.1) is 5.82 Å². The van der Waals surface area contributed by atoms with Crippen molar-refractivity contribution in [2.75, 3.05) is 32.7 Å². The number of guanidine groups is 1. The number of hydrogen-bond acceptors (Lipinski definition) is 2. The fourth-order valence-corrected chi connectivity index (χ4v) is 2.86. The maximum absolute atomic E-state index is 13.1. The molecule has 1 aliphatic rings. The Kier molecular flexibility index (Phi) is 6.79. The predicted molar refractivity (Wildman–Crippen MR) is 99.2 cm³/mol. The zero-order valence-electron chi connectivity index (χ0n) is 15.4. The number of nitrogens with one attached hydrogen (secondary N) is 2. The molecule has 0 atom stereocenters. The van der Waals surface area contributed by atoms with E-state index in [-0.39, 0.29) is 23.7 Å². The molecular weight excluding hydrogens is 319 g/mol. The lowest BCUT2D eigenvalue weighted by atomic mass is 9.84. The quantitative estimate of drug-likeness (QED) is 0.613. The highest BCUT2D eigenvalue weighted by Crippen LogP contribution is 2.22. The van der Waals surface area contributed by atoms with Crippen LogP contribution in [0.4, 0.5) is 4.39 Å². The topological polar surface area (TPSA) is 56.7 Å². The van der Waals surface area contributed by atoms with Gasteiger partial charge in [-0.3, -0.25) is 4.79 Å². The summed E-state index contributed by atoms with van der Waals surface area (Å²) in [6.45, 7) is 9.37. The Labute approximate surface area is 149 Å². The van der Waals surface area contributed by atoms with Crippen LogP contribution in [-0.2, 0) is 10.2 Å². The summed E-state index contributed by atoms with van der Waals surface area (Å²) < 4.78 is 13.1. The highest BCUT2D eigenvalue weighted by molar-refractivity contribution is 5.85. The third kappa shape index (κ3) is 5.73. The Morgan fingerprint density at radius 2 is 1.84 bits per heavy atom. The summed E-state index contributed by atoms with van der Waals surface area (Å²) in [4.78, 5) is 18.4. The second-order valence-electron chi connectivity index (χ2n) is 7.03. The number of benzene rings is 1. The van der Waals surface area contributed by atoms with Crippen LogP contribution in [0.5, 0.6) is 0 Å². The number of aliphatic imine (C=N–C) groups is 1. The van der Waals surface area contributed by atoms with E-state index < -0.39 is 0 Å². The molecule has 2 rings (SSSR count). The molecule has 0 bridgehead atoms. The molecule has 1 aromatic carbocycles. The highest BCUT2D eigenvalue weighted by atomic mass is 19.1. The zero-order chi connectivity index (χ0) is 18.3. The molecule has 0 radical (unpaired) electrons. The van der Waals surface area contributed by atoms with Gasteiger partial charge in [-0.25, -0.2) is 9.38 Å². The summed E-state index contributed by atoms with van der Waals surface area (Å²) >= 11 is 0. The largest absolute Gasteiger partial charge is 0.357 e. The SMILES string of the molecule is CCNC(=NCC(=O)N1CCCC1)NCC(C)(C)c1ccc(F)cc1. The summed E-state index contributed by atoms with van der Waals surface area (Å²) in [7, 11) is 0. The van der Waals surface area contributed by atoms with Crippen LogP contribution in [0.1, 0.15) is 39.2 Å². The Balaban J connectivity index is 1.94. The summed E-state index contributed by atoms with van der Waals surface area (Å²) in [5, 5.41) is 6.46. The predicted octanol–water partition coefficient (Wildman–Crippen LogP) is 2.28. The monoisotopic (exact) mass is 348 g/mol. The van der Waals surface area contributed by atoms with Crippen LogP contribution in [-0.4, -0.2) is 49.5 Å². The van der Waals surface area contributed by atoms with Gasteiger partial charge in [-0.2, -0.15) is 0 Å². The van der Waals surface area contributed by atoms with Gasteiger partial charge in [-0.1, -0.05) is 26.0 Å².